The number of aliphatic carboxylic acids is 1. The summed E-state index contributed by atoms with van der Waals surface area (Å²) in [5.41, 5.74) is 2.41. The summed E-state index contributed by atoms with van der Waals surface area (Å²) < 4.78 is 64.6. The van der Waals surface area contributed by atoms with Crippen LogP contribution in [0.5, 0.6) is 28.7 Å². The van der Waals surface area contributed by atoms with Gasteiger partial charge in [-0.2, -0.15) is 0 Å². The van der Waals surface area contributed by atoms with Crippen molar-refractivity contribution in [2.75, 3.05) is 13.4 Å². The lowest BCUT2D eigenvalue weighted by Gasteiger charge is -2.10. The Hall–Kier alpha value is -4.45. The monoisotopic (exact) mass is 559 g/mol. The molecule has 0 amide bonds. The fourth-order valence-electron chi connectivity index (χ4n) is 3.85. The molecule has 0 atom stereocenters. The van der Waals surface area contributed by atoms with Crippen molar-refractivity contribution in [3.05, 3.63) is 71.2 Å². The average molecular weight is 560 g/mol. The van der Waals surface area contributed by atoms with E-state index in [0.29, 0.717) is 55.3 Å². The van der Waals surface area contributed by atoms with E-state index in [2.05, 4.69) is 4.74 Å². The highest BCUT2D eigenvalue weighted by molar-refractivity contribution is 7.15. The number of fused-ring (bicyclic) bond motifs is 1. The van der Waals surface area contributed by atoms with Crippen molar-refractivity contribution in [3.63, 3.8) is 0 Å². The molecule has 3 aromatic carbocycles. The van der Waals surface area contributed by atoms with Gasteiger partial charge < -0.3 is 28.8 Å². The molecule has 0 radical (unpaired) electrons. The number of thiazole rings is 1. The molecule has 1 aliphatic rings. The van der Waals surface area contributed by atoms with Gasteiger partial charge in [-0.05, 0) is 66.6 Å². The Morgan fingerprint density at radius 1 is 1.00 bits per heavy atom. The fraction of sp³-hybridized carbons (Fsp3) is 0.185. The number of aromatic nitrogens is 1. The van der Waals surface area contributed by atoms with Gasteiger partial charge in [-0.3, -0.25) is 0 Å². The van der Waals surface area contributed by atoms with Crippen LogP contribution in [0.1, 0.15) is 10.6 Å². The van der Waals surface area contributed by atoms with Crippen molar-refractivity contribution >= 4 is 17.3 Å². The topological polar surface area (TPSA) is 96.3 Å². The van der Waals surface area contributed by atoms with Crippen LogP contribution in [-0.4, -0.2) is 35.8 Å². The third kappa shape index (κ3) is 6.34. The number of alkyl halides is 3. The van der Waals surface area contributed by atoms with E-state index < -0.39 is 18.9 Å². The molecule has 2 heterocycles. The Balaban J connectivity index is 1.44. The zero-order valence-electron chi connectivity index (χ0n) is 20.3. The second-order valence-corrected chi connectivity index (χ2v) is 9.41. The summed E-state index contributed by atoms with van der Waals surface area (Å²) in [4.78, 5) is 16.1. The minimum atomic E-state index is -4.82. The molecule has 0 bridgehead atoms. The zero-order valence-corrected chi connectivity index (χ0v) is 21.1. The number of carboxylic acid groups (broad SMARTS) is 1. The summed E-state index contributed by atoms with van der Waals surface area (Å²) in [6.45, 7) is 1.48. The van der Waals surface area contributed by atoms with Gasteiger partial charge in [-0.25, -0.2) is 9.78 Å². The van der Waals surface area contributed by atoms with Gasteiger partial charge in [-0.15, -0.1) is 24.5 Å². The summed E-state index contributed by atoms with van der Waals surface area (Å²) in [6, 6.07) is 16.0. The van der Waals surface area contributed by atoms with E-state index in [1.807, 2.05) is 0 Å². The number of aryl methyl sites for hydroxylation is 1. The van der Waals surface area contributed by atoms with Crippen molar-refractivity contribution in [2.45, 2.75) is 19.9 Å². The number of carbonyl (C=O) groups is 1. The van der Waals surface area contributed by atoms with Gasteiger partial charge in [0.05, 0.1) is 10.6 Å². The van der Waals surface area contributed by atoms with E-state index in [0.717, 1.165) is 0 Å². The highest BCUT2D eigenvalue weighted by atomic mass is 32.1. The Kier molecular flexibility index (Phi) is 7.20. The Labute approximate surface area is 224 Å². The summed E-state index contributed by atoms with van der Waals surface area (Å²) >= 11 is 1.27. The minimum absolute atomic E-state index is 0.0791. The van der Waals surface area contributed by atoms with E-state index in [-0.39, 0.29) is 19.1 Å². The van der Waals surface area contributed by atoms with Crippen LogP contribution in [-0.2, 0) is 11.4 Å². The number of ether oxygens (including phenoxy) is 5. The van der Waals surface area contributed by atoms with E-state index in [1.165, 1.54) is 29.5 Å². The van der Waals surface area contributed by atoms with Crippen LogP contribution in [0.2, 0.25) is 0 Å². The molecule has 0 aliphatic carbocycles. The second kappa shape index (κ2) is 10.7. The molecule has 1 N–H and O–H groups in total. The summed E-state index contributed by atoms with van der Waals surface area (Å²) in [7, 11) is 0. The lowest BCUT2D eigenvalue weighted by Crippen LogP contribution is -2.17. The van der Waals surface area contributed by atoms with Gasteiger partial charge >= 0.3 is 12.3 Å². The van der Waals surface area contributed by atoms with Crippen LogP contribution in [0.4, 0.5) is 13.2 Å². The zero-order chi connectivity index (χ0) is 27.6. The Bertz CT molecular complexity index is 1520. The van der Waals surface area contributed by atoms with Crippen LogP contribution in [0.15, 0.2) is 60.7 Å². The summed E-state index contributed by atoms with van der Waals surface area (Å²) in [6.07, 6.45) is -4.82. The van der Waals surface area contributed by atoms with E-state index in [9.17, 15) is 18.0 Å². The summed E-state index contributed by atoms with van der Waals surface area (Å²) in [5.74, 6) is 0.640. The van der Waals surface area contributed by atoms with Crippen molar-refractivity contribution in [2.24, 2.45) is 0 Å². The lowest BCUT2D eigenvalue weighted by atomic mass is 10.1. The first-order valence-electron chi connectivity index (χ1n) is 11.5. The first-order valence-corrected chi connectivity index (χ1v) is 12.3. The number of benzene rings is 3. The second-order valence-electron chi connectivity index (χ2n) is 8.33. The lowest BCUT2D eigenvalue weighted by molar-refractivity contribution is -0.274. The molecule has 0 unspecified atom stereocenters. The molecule has 202 valence electrons. The van der Waals surface area contributed by atoms with Crippen molar-refractivity contribution in [1.82, 2.24) is 4.98 Å². The molecule has 0 fully saturated rings. The van der Waals surface area contributed by atoms with Gasteiger partial charge in [0.15, 0.2) is 18.1 Å². The molecule has 0 saturated heterocycles. The highest BCUT2D eigenvalue weighted by Crippen LogP contribution is 2.42. The quantitative estimate of drug-likeness (QED) is 0.250. The maximum Gasteiger partial charge on any atom is 0.573 e. The van der Waals surface area contributed by atoms with Crippen LogP contribution in [0, 0.1) is 6.92 Å². The Morgan fingerprint density at radius 2 is 1.82 bits per heavy atom. The number of carboxylic acids is 1. The first kappa shape index (κ1) is 26.2. The predicted octanol–water partition coefficient (Wildman–Crippen LogP) is 6.46. The SMILES string of the molecule is Cc1cc(OCc2nc(-c3ccc4c(c3)OCO4)c(-c3cccc(OC(F)(F)F)c3)s2)ccc1OCC(=O)O. The van der Waals surface area contributed by atoms with Crippen LogP contribution >= 0.6 is 11.3 Å². The number of halogens is 3. The largest absolute Gasteiger partial charge is 0.573 e. The summed E-state index contributed by atoms with van der Waals surface area (Å²) in [5, 5.41) is 9.38. The normalized spacial score (nSPS) is 12.3. The Morgan fingerprint density at radius 3 is 2.59 bits per heavy atom. The maximum atomic E-state index is 12.8. The van der Waals surface area contributed by atoms with E-state index >= 15 is 0 Å². The maximum absolute atomic E-state index is 12.8. The third-order valence-corrected chi connectivity index (χ3v) is 6.59. The molecule has 39 heavy (non-hydrogen) atoms. The predicted molar refractivity (Wildman–Crippen MR) is 134 cm³/mol. The molecule has 4 aromatic rings. The molecule has 1 aliphatic heterocycles. The molecule has 8 nitrogen and oxygen atoms in total. The minimum Gasteiger partial charge on any atom is -0.486 e. The van der Waals surface area contributed by atoms with Gasteiger partial charge in [0.1, 0.15) is 28.9 Å². The van der Waals surface area contributed by atoms with Crippen molar-refractivity contribution < 1.29 is 46.8 Å². The molecule has 5 rings (SSSR count). The molecular weight excluding hydrogens is 539 g/mol. The fourth-order valence-corrected chi connectivity index (χ4v) is 4.85. The molecule has 0 spiro atoms. The first-order chi connectivity index (χ1) is 18.6. The van der Waals surface area contributed by atoms with Crippen LogP contribution in [0.25, 0.3) is 21.7 Å². The van der Waals surface area contributed by atoms with Gasteiger partial charge in [0, 0.05) is 5.56 Å². The third-order valence-electron chi connectivity index (χ3n) is 5.51. The van der Waals surface area contributed by atoms with Gasteiger partial charge in [0.2, 0.25) is 6.79 Å². The number of hydrogen-bond donors (Lipinski definition) is 1. The molecule has 1 aromatic heterocycles. The highest BCUT2D eigenvalue weighted by Gasteiger charge is 2.31. The number of rotatable bonds is 9. The van der Waals surface area contributed by atoms with E-state index in [1.54, 1.807) is 49.4 Å². The smallest absolute Gasteiger partial charge is 0.486 e. The molecular formula is C27H20F3NO7S. The average Bonchev–Trinajstić information content (AvgIpc) is 3.52. The van der Waals surface area contributed by atoms with Crippen LogP contribution in [0.3, 0.4) is 0 Å². The van der Waals surface area contributed by atoms with E-state index in [4.69, 9.17) is 29.0 Å². The van der Waals surface area contributed by atoms with Crippen molar-refractivity contribution in [3.8, 4) is 50.4 Å². The molecule has 12 heteroatoms. The molecule has 0 saturated carbocycles. The van der Waals surface area contributed by atoms with Crippen LogP contribution < -0.4 is 23.7 Å². The number of hydrogen-bond acceptors (Lipinski definition) is 8. The van der Waals surface area contributed by atoms with Gasteiger partial charge in [-0.1, -0.05) is 12.1 Å². The van der Waals surface area contributed by atoms with Gasteiger partial charge in [0.25, 0.3) is 0 Å². The number of nitrogens with zero attached hydrogens (tertiary/aromatic N) is 1. The van der Waals surface area contributed by atoms with Crippen molar-refractivity contribution in [1.29, 1.82) is 0 Å². The standard InChI is InChI=1S/C27H20F3NO7S/c1-15-9-18(6-8-20(15)35-13-24(32)33)34-12-23-31-25(16-5-7-21-22(11-16)37-14-36-21)26(39-23)17-3-2-4-19(10-17)38-27(28,29)30/h2-11H,12-14H2,1H3,(H,32,33).